The van der Waals surface area contributed by atoms with Crippen molar-refractivity contribution in [3.63, 3.8) is 0 Å². The van der Waals surface area contributed by atoms with Crippen LogP contribution in [0.15, 0.2) is 48.5 Å². The van der Waals surface area contributed by atoms with Gasteiger partial charge in [-0.15, -0.1) is 0 Å². The van der Waals surface area contributed by atoms with E-state index in [0.717, 1.165) is 25.2 Å². The minimum atomic E-state index is -0.266. The second kappa shape index (κ2) is 13.1. The highest BCUT2D eigenvalue weighted by atomic mass is 35.5. The van der Waals surface area contributed by atoms with E-state index in [1.54, 1.807) is 29.2 Å². The van der Waals surface area contributed by atoms with Crippen molar-refractivity contribution in [2.24, 2.45) is 0 Å². The van der Waals surface area contributed by atoms with Crippen LogP contribution in [0.5, 0.6) is 5.75 Å². The van der Waals surface area contributed by atoms with E-state index in [4.69, 9.17) is 25.8 Å². The number of amides is 2. The zero-order valence-corrected chi connectivity index (χ0v) is 21.5. The Hall–Kier alpha value is -2.65. The number of aryl methyl sites for hydroxylation is 1. The first-order chi connectivity index (χ1) is 17.5. The van der Waals surface area contributed by atoms with Crippen LogP contribution >= 0.6 is 11.6 Å². The van der Waals surface area contributed by atoms with Gasteiger partial charge in [-0.2, -0.15) is 0 Å². The van der Waals surface area contributed by atoms with Crippen LogP contribution in [0.1, 0.15) is 15.9 Å². The molecular weight excluding hydrogens is 482 g/mol. The summed E-state index contributed by atoms with van der Waals surface area (Å²) in [5.41, 5.74) is 1.76. The lowest BCUT2D eigenvalue weighted by molar-refractivity contribution is -0.141. The number of carbonyl (C=O) groups is 2. The highest BCUT2D eigenvalue weighted by molar-refractivity contribution is 6.30. The van der Waals surface area contributed by atoms with Gasteiger partial charge in [-0.3, -0.25) is 14.5 Å². The monoisotopic (exact) mass is 515 g/mol. The Morgan fingerprint density at radius 1 is 1.03 bits per heavy atom. The number of carbonyl (C=O) groups excluding carboxylic acids is 2. The summed E-state index contributed by atoms with van der Waals surface area (Å²) in [4.78, 5) is 32.1. The van der Waals surface area contributed by atoms with Crippen LogP contribution in [0.2, 0.25) is 5.02 Å². The van der Waals surface area contributed by atoms with Crippen LogP contribution in [-0.2, 0) is 14.3 Å². The van der Waals surface area contributed by atoms with Crippen molar-refractivity contribution in [3.8, 4) is 5.75 Å². The van der Waals surface area contributed by atoms with Gasteiger partial charge < -0.3 is 24.0 Å². The molecule has 2 fully saturated rings. The number of rotatable bonds is 9. The molecule has 0 unspecified atom stereocenters. The Morgan fingerprint density at radius 2 is 1.75 bits per heavy atom. The maximum atomic E-state index is 13.4. The van der Waals surface area contributed by atoms with E-state index in [9.17, 15) is 9.59 Å². The summed E-state index contributed by atoms with van der Waals surface area (Å²) in [6, 6.07) is 14.6. The lowest BCUT2D eigenvalue weighted by Crippen LogP contribution is -2.52. The molecule has 2 saturated heterocycles. The molecule has 194 valence electrons. The SMILES string of the molecule is Cc1ccc(C(=O)N(CCN2CCOCC2)C[C@@H]2CN(C(=O)COc3ccc(Cl)cc3)CCO2)cc1. The molecule has 2 aliphatic heterocycles. The summed E-state index contributed by atoms with van der Waals surface area (Å²) in [6.07, 6.45) is -0.266. The molecule has 1 atom stereocenters. The second-order valence-electron chi connectivity index (χ2n) is 9.15. The summed E-state index contributed by atoms with van der Waals surface area (Å²) in [5, 5.41) is 0.614. The second-order valence-corrected chi connectivity index (χ2v) is 9.58. The van der Waals surface area contributed by atoms with Gasteiger partial charge in [-0.1, -0.05) is 29.3 Å². The Balaban J connectivity index is 1.35. The minimum absolute atomic E-state index is 0.0265. The van der Waals surface area contributed by atoms with E-state index in [-0.39, 0.29) is 24.5 Å². The number of hydrogen-bond donors (Lipinski definition) is 0. The maximum absolute atomic E-state index is 13.4. The predicted molar refractivity (Wildman–Crippen MR) is 138 cm³/mol. The van der Waals surface area contributed by atoms with Crippen LogP contribution in [0.4, 0.5) is 0 Å². The number of hydrogen-bond acceptors (Lipinski definition) is 6. The third kappa shape index (κ3) is 7.67. The zero-order valence-electron chi connectivity index (χ0n) is 20.7. The van der Waals surface area contributed by atoms with Crippen molar-refractivity contribution in [2.75, 3.05) is 72.2 Å². The third-order valence-electron chi connectivity index (χ3n) is 6.47. The molecule has 4 rings (SSSR count). The Kier molecular flexibility index (Phi) is 9.58. The molecule has 36 heavy (non-hydrogen) atoms. The van der Waals surface area contributed by atoms with Crippen LogP contribution in [0.3, 0.4) is 0 Å². The Morgan fingerprint density at radius 3 is 2.47 bits per heavy atom. The van der Waals surface area contributed by atoms with Crippen molar-refractivity contribution in [1.82, 2.24) is 14.7 Å². The number of halogens is 1. The van der Waals surface area contributed by atoms with Gasteiger partial charge >= 0.3 is 0 Å². The van der Waals surface area contributed by atoms with Crippen LogP contribution in [-0.4, -0.2) is 105 Å². The quantitative estimate of drug-likeness (QED) is 0.511. The van der Waals surface area contributed by atoms with Gasteiger partial charge in [0.1, 0.15) is 5.75 Å². The summed E-state index contributed by atoms with van der Waals surface area (Å²) >= 11 is 5.91. The fourth-order valence-electron chi connectivity index (χ4n) is 4.31. The molecule has 2 aromatic carbocycles. The summed E-state index contributed by atoms with van der Waals surface area (Å²) in [6.45, 7) is 8.21. The molecule has 0 saturated carbocycles. The highest BCUT2D eigenvalue weighted by Crippen LogP contribution is 2.16. The van der Waals surface area contributed by atoms with E-state index in [1.165, 1.54) is 0 Å². The molecular formula is C27H34ClN3O5. The number of benzene rings is 2. The minimum Gasteiger partial charge on any atom is -0.484 e. The van der Waals surface area contributed by atoms with Crippen molar-refractivity contribution in [2.45, 2.75) is 13.0 Å². The molecule has 0 N–H and O–H groups in total. The Bertz CT molecular complexity index is 995. The van der Waals surface area contributed by atoms with Gasteiger partial charge in [0.05, 0.1) is 25.9 Å². The molecule has 0 aromatic heterocycles. The van der Waals surface area contributed by atoms with E-state index in [2.05, 4.69) is 4.90 Å². The molecule has 8 nitrogen and oxygen atoms in total. The first kappa shape index (κ1) is 26.4. The molecule has 0 bridgehead atoms. The van der Waals surface area contributed by atoms with Gasteiger partial charge in [0.2, 0.25) is 0 Å². The van der Waals surface area contributed by atoms with Crippen LogP contribution in [0.25, 0.3) is 0 Å². The van der Waals surface area contributed by atoms with Crippen molar-refractivity contribution >= 4 is 23.4 Å². The van der Waals surface area contributed by atoms with Gasteiger partial charge in [-0.05, 0) is 43.3 Å². The molecule has 0 radical (unpaired) electrons. The van der Waals surface area contributed by atoms with Gasteiger partial charge in [0, 0.05) is 56.4 Å². The van der Waals surface area contributed by atoms with E-state index < -0.39 is 0 Å². The van der Waals surface area contributed by atoms with Gasteiger partial charge in [0.25, 0.3) is 11.8 Å². The topological polar surface area (TPSA) is 71.6 Å². The number of nitrogens with zero attached hydrogens (tertiary/aromatic N) is 3. The standard InChI is InChI=1S/C27H34ClN3O5/c1-21-2-4-22(5-3-21)27(33)31(11-10-29-12-15-34-16-13-29)19-25-18-30(14-17-35-25)26(32)20-36-24-8-6-23(28)7-9-24/h2-9,25H,10-20H2,1H3/t25-/m0/s1. The van der Waals surface area contributed by atoms with Crippen molar-refractivity contribution in [3.05, 3.63) is 64.7 Å². The first-order valence-corrected chi connectivity index (χ1v) is 12.8. The molecule has 2 heterocycles. The normalized spacial score (nSPS) is 18.6. The lowest BCUT2D eigenvalue weighted by Gasteiger charge is -2.36. The average molecular weight is 516 g/mol. The maximum Gasteiger partial charge on any atom is 0.260 e. The lowest BCUT2D eigenvalue weighted by atomic mass is 10.1. The summed E-state index contributed by atoms with van der Waals surface area (Å²) in [7, 11) is 0. The van der Waals surface area contributed by atoms with Crippen molar-refractivity contribution in [1.29, 1.82) is 0 Å². The van der Waals surface area contributed by atoms with Crippen LogP contribution in [0, 0.1) is 6.92 Å². The Labute approximate surface area is 217 Å². The van der Waals surface area contributed by atoms with Gasteiger partial charge in [-0.25, -0.2) is 0 Å². The zero-order chi connectivity index (χ0) is 25.3. The van der Waals surface area contributed by atoms with E-state index in [0.29, 0.717) is 62.3 Å². The van der Waals surface area contributed by atoms with E-state index >= 15 is 0 Å². The molecule has 2 amide bonds. The predicted octanol–water partition coefficient (Wildman–Crippen LogP) is 2.73. The molecule has 2 aliphatic rings. The fourth-order valence-corrected chi connectivity index (χ4v) is 4.44. The average Bonchev–Trinajstić information content (AvgIpc) is 2.91. The van der Waals surface area contributed by atoms with Crippen LogP contribution < -0.4 is 4.74 Å². The highest BCUT2D eigenvalue weighted by Gasteiger charge is 2.28. The summed E-state index contributed by atoms with van der Waals surface area (Å²) < 4.78 is 17.1. The fraction of sp³-hybridized carbons (Fsp3) is 0.481. The largest absolute Gasteiger partial charge is 0.484 e. The van der Waals surface area contributed by atoms with Gasteiger partial charge in [0.15, 0.2) is 6.61 Å². The number of ether oxygens (including phenoxy) is 3. The van der Waals surface area contributed by atoms with Crippen molar-refractivity contribution < 1.29 is 23.8 Å². The smallest absolute Gasteiger partial charge is 0.260 e. The molecule has 2 aromatic rings. The molecule has 0 spiro atoms. The third-order valence-corrected chi connectivity index (χ3v) is 6.72. The molecule has 0 aliphatic carbocycles. The first-order valence-electron chi connectivity index (χ1n) is 12.4. The van der Waals surface area contributed by atoms with E-state index in [1.807, 2.05) is 36.1 Å². The molecule has 9 heteroatoms. The summed E-state index contributed by atoms with van der Waals surface area (Å²) in [5.74, 6) is 0.458. The number of morpholine rings is 2.